The van der Waals surface area contributed by atoms with Gasteiger partial charge in [-0.1, -0.05) is 12.1 Å². The lowest BCUT2D eigenvalue weighted by Crippen LogP contribution is -2.59. The molecule has 3 amide bonds. The lowest BCUT2D eigenvalue weighted by molar-refractivity contribution is -0.167. The lowest BCUT2D eigenvalue weighted by Gasteiger charge is -2.53. The quantitative estimate of drug-likeness (QED) is 0.662. The Morgan fingerprint density at radius 2 is 2.06 bits per heavy atom. The third-order valence-electron chi connectivity index (χ3n) is 9.38. The standard InChI is InChI=1S/C24H26FN5O3/c25-16-3-1-2-13(6-16)19-18(20(26)31)17-10-29(4-5-30(17)28-19)21(32)27-22-8-14-7-15-9-23(14,11-22)24(15,33)12-22/h1-3,6,14-15,33H,4-5,7-12H2,(H2,26,31)(H,27,32). The second kappa shape index (κ2) is 5.94. The molecule has 1 aromatic carbocycles. The number of nitrogens with two attached hydrogens (primary N) is 1. The fourth-order valence-electron chi connectivity index (χ4n) is 8.23. The predicted octanol–water partition coefficient (Wildman–Crippen LogP) is 2.01. The summed E-state index contributed by atoms with van der Waals surface area (Å²) in [5.41, 5.74) is 6.40. The van der Waals surface area contributed by atoms with Crippen molar-refractivity contribution in [3.05, 3.63) is 41.3 Å². The van der Waals surface area contributed by atoms with Crippen molar-refractivity contribution in [2.45, 2.75) is 56.3 Å². The first kappa shape index (κ1) is 19.5. The molecule has 6 aliphatic rings. The number of hydrogen-bond acceptors (Lipinski definition) is 4. The summed E-state index contributed by atoms with van der Waals surface area (Å²) < 4.78 is 15.5. The second-order valence-corrected chi connectivity index (χ2v) is 10.9. The molecule has 1 aliphatic heterocycles. The van der Waals surface area contributed by atoms with Crippen LogP contribution in [0.15, 0.2) is 24.3 Å². The van der Waals surface area contributed by atoms with Gasteiger partial charge in [-0.05, 0) is 49.7 Å². The minimum Gasteiger partial charge on any atom is -0.389 e. The second-order valence-electron chi connectivity index (χ2n) is 10.9. The van der Waals surface area contributed by atoms with Crippen molar-refractivity contribution in [1.29, 1.82) is 0 Å². The molecule has 5 fully saturated rings. The van der Waals surface area contributed by atoms with Crippen molar-refractivity contribution < 1.29 is 19.1 Å². The van der Waals surface area contributed by atoms with Crippen molar-refractivity contribution in [2.75, 3.05) is 6.54 Å². The van der Waals surface area contributed by atoms with Crippen molar-refractivity contribution >= 4 is 11.9 Å². The highest BCUT2D eigenvalue weighted by molar-refractivity contribution is 6.00. The highest BCUT2D eigenvalue weighted by Gasteiger charge is 2.83. The maximum Gasteiger partial charge on any atom is 0.318 e. The first-order chi connectivity index (χ1) is 15.7. The summed E-state index contributed by atoms with van der Waals surface area (Å²) >= 11 is 0. The van der Waals surface area contributed by atoms with Crippen LogP contribution >= 0.6 is 0 Å². The number of benzene rings is 1. The van der Waals surface area contributed by atoms with Gasteiger partial charge in [0.25, 0.3) is 5.91 Å². The number of rotatable bonds is 3. The molecule has 8 nitrogen and oxygen atoms in total. The van der Waals surface area contributed by atoms with E-state index in [1.165, 1.54) is 12.1 Å². The Kier molecular flexibility index (Phi) is 3.51. The molecule has 172 valence electrons. The molecule has 0 radical (unpaired) electrons. The first-order valence-corrected chi connectivity index (χ1v) is 11.7. The number of carbonyl (C=O) groups is 2. The number of urea groups is 1. The zero-order valence-corrected chi connectivity index (χ0v) is 18.2. The van der Waals surface area contributed by atoms with E-state index in [4.69, 9.17) is 5.73 Å². The third kappa shape index (κ3) is 2.31. The molecule has 9 heteroatoms. The molecule has 4 N–H and O–H groups in total. The van der Waals surface area contributed by atoms with Crippen LogP contribution in [0.25, 0.3) is 11.3 Å². The van der Waals surface area contributed by atoms with Crippen molar-refractivity contribution in [1.82, 2.24) is 20.0 Å². The van der Waals surface area contributed by atoms with E-state index in [0.717, 1.165) is 25.7 Å². The Hall–Kier alpha value is -2.94. The molecule has 0 saturated heterocycles. The number of nitrogens with zero attached hydrogens (tertiary/aromatic N) is 3. The van der Waals surface area contributed by atoms with E-state index in [1.54, 1.807) is 21.7 Å². The summed E-state index contributed by atoms with van der Waals surface area (Å²) in [4.78, 5) is 27.4. The summed E-state index contributed by atoms with van der Waals surface area (Å²) in [5, 5.41) is 19.0. The molecule has 3 bridgehead atoms. The van der Waals surface area contributed by atoms with E-state index in [9.17, 15) is 19.1 Å². The number of nitrogens with one attached hydrogen (secondary N) is 1. The number of halogens is 1. The van der Waals surface area contributed by atoms with E-state index in [1.807, 2.05) is 0 Å². The van der Waals surface area contributed by atoms with Crippen LogP contribution in [-0.4, -0.2) is 49.4 Å². The first-order valence-electron chi connectivity index (χ1n) is 11.7. The van der Waals surface area contributed by atoms with Gasteiger partial charge in [0.1, 0.15) is 11.5 Å². The predicted molar refractivity (Wildman–Crippen MR) is 115 cm³/mol. The smallest absolute Gasteiger partial charge is 0.318 e. The lowest BCUT2D eigenvalue weighted by atomic mass is 9.56. The monoisotopic (exact) mass is 451 g/mol. The molecule has 5 unspecified atom stereocenters. The van der Waals surface area contributed by atoms with Gasteiger partial charge >= 0.3 is 6.03 Å². The summed E-state index contributed by atoms with van der Waals surface area (Å²) in [5.74, 6) is -0.163. The van der Waals surface area contributed by atoms with Crippen LogP contribution in [0, 0.1) is 23.1 Å². The van der Waals surface area contributed by atoms with Crippen molar-refractivity contribution in [3.8, 4) is 11.3 Å². The van der Waals surface area contributed by atoms with E-state index in [-0.39, 0.29) is 29.1 Å². The van der Waals surface area contributed by atoms with Gasteiger partial charge in [0, 0.05) is 29.5 Å². The van der Waals surface area contributed by atoms with Gasteiger partial charge < -0.3 is 21.1 Å². The summed E-state index contributed by atoms with van der Waals surface area (Å²) in [6.07, 6.45) is 4.64. The van der Waals surface area contributed by atoms with E-state index in [0.29, 0.717) is 48.3 Å². The molecule has 5 atom stereocenters. The van der Waals surface area contributed by atoms with Gasteiger partial charge in [0.05, 0.1) is 29.9 Å². The Morgan fingerprint density at radius 1 is 1.21 bits per heavy atom. The van der Waals surface area contributed by atoms with Crippen molar-refractivity contribution in [3.63, 3.8) is 0 Å². The van der Waals surface area contributed by atoms with E-state index >= 15 is 0 Å². The Morgan fingerprint density at radius 3 is 2.79 bits per heavy atom. The fraction of sp³-hybridized carbons (Fsp3) is 0.542. The van der Waals surface area contributed by atoms with Gasteiger partial charge in [0.2, 0.25) is 0 Å². The zero-order valence-electron chi connectivity index (χ0n) is 18.2. The average Bonchev–Trinajstić information content (AvgIpc) is 3.47. The van der Waals surface area contributed by atoms with Crippen LogP contribution in [0.5, 0.6) is 0 Å². The van der Waals surface area contributed by atoms with Gasteiger partial charge in [0.15, 0.2) is 0 Å². The van der Waals surface area contributed by atoms with E-state index < -0.39 is 17.3 Å². The molecule has 2 aromatic rings. The summed E-state index contributed by atoms with van der Waals surface area (Å²) in [6.45, 7) is 1.06. The number of amides is 3. The van der Waals surface area contributed by atoms with Crippen LogP contribution in [0.1, 0.15) is 48.2 Å². The summed E-state index contributed by atoms with van der Waals surface area (Å²) in [7, 11) is 0. The molecule has 1 spiro atoms. The number of aromatic nitrogens is 2. The van der Waals surface area contributed by atoms with Crippen molar-refractivity contribution in [2.24, 2.45) is 23.0 Å². The molecular formula is C24H26FN5O3. The number of fused-ring (bicyclic) bond motifs is 2. The maximum absolute atomic E-state index is 13.8. The number of carbonyl (C=O) groups excluding carboxylic acids is 2. The van der Waals surface area contributed by atoms with Gasteiger partial charge in [-0.3, -0.25) is 9.48 Å². The maximum atomic E-state index is 13.8. The summed E-state index contributed by atoms with van der Waals surface area (Å²) in [6, 6.07) is 5.73. The SMILES string of the molecule is NC(=O)c1c(-c2cccc(F)c2)nn2c1CN(C(=O)NC13CC4CC5CC4(C1)C5(O)C3)CC2. The minimum atomic E-state index is -0.650. The minimum absolute atomic E-state index is 0.0183. The van der Waals surface area contributed by atoms with Crippen LogP contribution in [0.2, 0.25) is 0 Å². The van der Waals surface area contributed by atoms with Crippen LogP contribution in [0.4, 0.5) is 9.18 Å². The highest BCUT2D eigenvalue weighted by atomic mass is 19.1. The molecule has 1 aromatic heterocycles. The van der Waals surface area contributed by atoms with E-state index in [2.05, 4.69) is 10.4 Å². The van der Waals surface area contributed by atoms with Gasteiger partial charge in [-0.2, -0.15) is 5.10 Å². The molecular weight excluding hydrogens is 425 g/mol. The molecule has 5 aliphatic carbocycles. The van der Waals surface area contributed by atoms with Crippen LogP contribution < -0.4 is 11.1 Å². The van der Waals surface area contributed by atoms with Gasteiger partial charge in [-0.25, -0.2) is 9.18 Å². The van der Waals surface area contributed by atoms with Crippen LogP contribution in [-0.2, 0) is 13.1 Å². The Bertz CT molecular complexity index is 1240. The largest absolute Gasteiger partial charge is 0.389 e. The number of primary amides is 1. The third-order valence-corrected chi connectivity index (χ3v) is 9.38. The molecule has 8 rings (SSSR count). The molecule has 5 saturated carbocycles. The fourth-order valence-corrected chi connectivity index (χ4v) is 8.23. The number of aliphatic hydroxyl groups is 1. The highest BCUT2D eigenvalue weighted by Crippen LogP contribution is 2.82. The Labute approximate surface area is 189 Å². The molecule has 33 heavy (non-hydrogen) atoms. The average molecular weight is 452 g/mol. The topological polar surface area (TPSA) is 113 Å². The van der Waals surface area contributed by atoms with Gasteiger partial charge in [-0.15, -0.1) is 0 Å². The number of hydrogen-bond donors (Lipinski definition) is 3. The normalized spacial score (nSPS) is 37.1. The molecule has 2 heterocycles. The Balaban J connectivity index is 1.16. The zero-order chi connectivity index (χ0) is 22.8. The van der Waals surface area contributed by atoms with Crippen LogP contribution in [0.3, 0.4) is 0 Å².